The Morgan fingerprint density at radius 1 is 1.03 bits per heavy atom. The van der Waals surface area contributed by atoms with Crippen molar-refractivity contribution in [2.45, 2.75) is 57.9 Å². The number of nitrogens with zero attached hydrogens (tertiary/aromatic N) is 1. The first-order valence-electron chi connectivity index (χ1n) is 9.82. The maximum absolute atomic E-state index is 12.8. The van der Waals surface area contributed by atoms with Crippen molar-refractivity contribution in [1.29, 1.82) is 0 Å². The average molecular weight is 396 g/mol. The predicted octanol–water partition coefficient (Wildman–Crippen LogP) is 4.19. The average Bonchev–Trinajstić information content (AvgIpc) is 3.12. The van der Waals surface area contributed by atoms with Gasteiger partial charge in [0.05, 0.1) is 6.04 Å². The number of rotatable bonds is 5. The number of hydrogen-bond donors (Lipinski definition) is 1. The molecular formula is C23H28N2O4. The van der Waals surface area contributed by atoms with Crippen LogP contribution in [0.4, 0.5) is 4.79 Å². The van der Waals surface area contributed by atoms with Crippen LogP contribution in [-0.2, 0) is 16.1 Å². The molecule has 154 valence electrons. The zero-order valence-electron chi connectivity index (χ0n) is 17.1. The van der Waals surface area contributed by atoms with Crippen LogP contribution in [0.1, 0.15) is 50.8 Å². The highest BCUT2D eigenvalue weighted by atomic mass is 16.6. The summed E-state index contributed by atoms with van der Waals surface area (Å²) in [6.07, 6.45) is 0.649. The molecule has 2 aromatic carbocycles. The van der Waals surface area contributed by atoms with Crippen molar-refractivity contribution in [2.75, 3.05) is 0 Å². The Morgan fingerprint density at radius 2 is 1.69 bits per heavy atom. The number of carbonyl (C=O) groups is 2. The van der Waals surface area contributed by atoms with Gasteiger partial charge in [0.2, 0.25) is 5.91 Å². The largest absolute Gasteiger partial charge is 0.489 e. The summed E-state index contributed by atoms with van der Waals surface area (Å²) in [5, 5.41) is 0. The van der Waals surface area contributed by atoms with Gasteiger partial charge in [-0.25, -0.2) is 4.79 Å². The van der Waals surface area contributed by atoms with E-state index in [9.17, 15) is 9.59 Å². The Hall–Kier alpha value is -3.02. The van der Waals surface area contributed by atoms with E-state index in [1.54, 1.807) is 20.8 Å². The predicted molar refractivity (Wildman–Crippen MR) is 110 cm³/mol. The fourth-order valence-corrected chi connectivity index (χ4v) is 3.51. The maximum atomic E-state index is 12.8. The normalized spacial score (nSPS) is 19.1. The Bertz CT molecular complexity index is 843. The molecule has 6 nitrogen and oxygen atoms in total. The van der Waals surface area contributed by atoms with Crippen molar-refractivity contribution in [3.05, 3.63) is 65.7 Å². The lowest BCUT2D eigenvalue weighted by Gasteiger charge is -2.31. The maximum Gasteiger partial charge on any atom is 0.411 e. The molecule has 2 aromatic rings. The number of nitrogens with two attached hydrogens (primary N) is 1. The highest BCUT2D eigenvalue weighted by Crippen LogP contribution is 2.37. The van der Waals surface area contributed by atoms with Crippen LogP contribution in [-0.4, -0.2) is 28.5 Å². The molecule has 3 rings (SSSR count). The number of ether oxygens (including phenoxy) is 2. The standard InChI is InChI=1S/C23H28N2O4/c1-23(2,3)29-22(27)25-19(13-14-20(25)21(24)26)17-9-11-18(12-10-17)28-15-16-7-5-4-6-8-16/h4-12,19-20H,13-15H2,1-3H3,(H2,24,26)/t19-,20-/m0/s1. The summed E-state index contributed by atoms with van der Waals surface area (Å²) in [5.41, 5.74) is 6.90. The third-order valence-electron chi connectivity index (χ3n) is 4.83. The molecule has 0 unspecified atom stereocenters. The van der Waals surface area contributed by atoms with E-state index in [2.05, 4.69) is 0 Å². The first-order chi connectivity index (χ1) is 13.7. The molecule has 6 heteroatoms. The minimum absolute atomic E-state index is 0.259. The van der Waals surface area contributed by atoms with Crippen LogP contribution in [0.15, 0.2) is 54.6 Å². The SMILES string of the molecule is CC(C)(C)OC(=O)N1[C@H](C(N)=O)CC[C@H]1c1ccc(OCc2ccccc2)cc1. The van der Waals surface area contributed by atoms with Crippen LogP contribution in [0, 0.1) is 0 Å². The van der Waals surface area contributed by atoms with Crippen molar-refractivity contribution in [3.8, 4) is 5.75 Å². The summed E-state index contributed by atoms with van der Waals surface area (Å²) >= 11 is 0. The third-order valence-corrected chi connectivity index (χ3v) is 4.83. The fraction of sp³-hybridized carbons (Fsp3) is 0.391. The molecule has 0 saturated carbocycles. The number of amides is 2. The quantitative estimate of drug-likeness (QED) is 0.821. The van der Waals surface area contributed by atoms with Crippen LogP contribution in [0.2, 0.25) is 0 Å². The fourth-order valence-electron chi connectivity index (χ4n) is 3.51. The number of primary amides is 1. The summed E-state index contributed by atoms with van der Waals surface area (Å²) < 4.78 is 11.3. The van der Waals surface area contributed by atoms with Gasteiger partial charge in [0, 0.05) is 0 Å². The van der Waals surface area contributed by atoms with Crippen LogP contribution < -0.4 is 10.5 Å². The van der Waals surface area contributed by atoms with Gasteiger partial charge in [-0.15, -0.1) is 0 Å². The van der Waals surface area contributed by atoms with Gasteiger partial charge in [0.25, 0.3) is 0 Å². The van der Waals surface area contributed by atoms with Crippen molar-refractivity contribution in [2.24, 2.45) is 5.73 Å². The van der Waals surface area contributed by atoms with Gasteiger partial charge in [0.1, 0.15) is 24.0 Å². The molecule has 29 heavy (non-hydrogen) atoms. The second kappa shape index (κ2) is 8.55. The molecule has 1 aliphatic heterocycles. The lowest BCUT2D eigenvalue weighted by Crippen LogP contribution is -2.46. The monoisotopic (exact) mass is 396 g/mol. The molecule has 0 aromatic heterocycles. The molecule has 2 amide bonds. The highest BCUT2D eigenvalue weighted by molar-refractivity contribution is 5.85. The van der Waals surface area contributed by atoms with Crippen LogP contribution in [0.3, 0.4) is 0 Å². The van der Waals surface area contributed by atoms with E-state index in [1.165, 1.54) is 4.90 Å². The van der Waals surface area contributed by atoms with Crippen LogP contribution in [0.5, 0.6) is 5.75 Å². The van der Waals surface area contributed by atoms with Crippen molar-refractivity contribution < 1.29 is 19.1 Å². The molecule has 1 saturated heterocycles. The van der Waals surface area contributed by atoms with Crippen molar-refractivity contribution in [1.82, 2.24) is 4.90 Å². The van der Waals surface area contributed by atoms with Gasteiger partial charge in [-0.05, 0) is 56.9 Å². The summed E-state index contributed by atoms with van der Waals surface area (Å²) in [6, 6.07) is 16.6. The third kappa shape index (κ3) is 5.28. The Balaban J connectivity index is 1.73. The number of hydrogen-bond acceptors (Lipinski definition) is 4. The Kier molecular flexibility index (Phi) is 6.11. The minimum atomic E-state index is -0.663. The van der Waals surface area contributed by atoms with Gasteiger partial charge in [-0.3, -0.25) is 9.69 Å². The zero-order chi connectivity index (χ0) is 21.0. The molecule has 2 N–H and O–H groups in total. The molecule has 2 atom stereocenters. The van der Waals surface area contributed by atoms with Crippen LogP contribution >= 0.6 is 0 Å². The summed E-state index contributed by atoms with van der Waals surface area (Å²) in [5.74, 6) is 0.229. The molecule has 0 spiro atoms. The Morgan fingerprint density at radius 3 is 2.28 bits per heavy atom. The molecular weight excluding hydrogens is 368 g/mol. The van der Waals surface area contributed by atoms with E-state index in [-0.39, 0.29) is 6.04 Å². The van der Waals surface area contributed by atoms with E-state index in [1.807, 2.05) is 54.6 Å². The van der Waals surface area contributed by atoms with E-state index in [0.29, 0.717) is 19.4 Å². The zero-order valence-corrected chi connectivity index (χ0v) is 17.1. The number of benzene rings is 2. The minimum Gasteiger partial charge on any atom is -0.489 e. The molecule has 0 bridgehead atoms. The Labute approximate surface area is 171 Å². The summed E-state index contributed by atoms with van der Waals surface area (Å²) in [7, 11) is 0. The summed E-state index contributed by atoms with van der Waals surface area (Å²) in [6.45, 7) is 5.88. The van der Waals surface area contributed by atoms with Gasteiger partial charge in [0.15, 0.2) is 0 Å². The molecule has 0 radical (unpaired) electrons. The van der Waals surface area contributed by atoms with Gasteiger partial charge < -0.3 is 15.2 Å². The first-order valence-corrected chi connectivity index (χ1v) is 9.82. The highest BCUT2D eigenvalue weighted by Gasteiger charge is 2.42. The molecule has 1 aliphatic rings. The van der Waals surface area contributed by atoms with Crippen molar-refractivity contribution >= 4 is 12.0 Å². The smallest absolute Gasteiger partial charge is 0.411 e. The number of likely N-dealkylation sites (tertiary alicyclic amines) is 1. The van der Waals surface area contributed by atoms with E-state index >= 15 is 0 Å². The van der Waals surface area contributed by atoms with E-state index < -0.39 is 23.6 Å². The molecule has 0 aliphatic carbocycles. The van der Waals surface area contributed by atoms with E-state index in [4.69, 9.17) is 15.2 Å². The second-order valence-corrected chi connectivity index (χ2v) is 8.24. The van der Waals surface area contributed by atoms with Gasteiger partial charge in [-0.2, -0.15) is 0 Å². The van der Waals surface area contributed by atoms with Gasteiger partial charge in [-0.1, -0.05) is 42.5 Å². The molecule has 1 fully saturated rings. The van der Waals surface area contributed by atoms with E-state index in [0.717, 1.165) is 16.9 Å². The summed E-state index contributed by atoms with van der Waals surface area (Å²) in [4.78, 5) is 26.1. The molecule has 1 heterocycles. The lowest BCUT2D eigenvalue weighted by molar-refractivity contribution is -0.122. The van der Waals surface area contributed by atoms with Gasteiger partial charge >= 0.3 is 6.09 Å². The first kappa shape index (κ1) is 20.7. The topological polar surface area (TPSA) is 81.9 Å². The lowest BCUT2D eigenvalue weighted by atomic mass is 10.0. The second-order valence-electron chi connectivity index (χ2n) is 8.24. The van der Waals surface area contributed by atoms with Crippen LogP contribution in [0.25, 0.3) is 0 Å². The number of carbonyl (C=O) groups excluding carboxylic acids is 2. The van der Waals surface area contributed by atoms with Crippen molar-refractivity contribution in [3.63, 3.8) is 0 Å².